The van der Waals surface area contributed by atoms with Crippen LogP contribution in [0, 0.1) is 6.92 Å². The molecule has 1 aromatic heterocycles. The van der Waals surface area contributed by atoms with Gasteiger partial charge in [0, 0.05) is 12.8 Å². The molecule has 0 saturated carbocycles. The summed E-state index contributed by atoms with van der Waals surface area (Å²) < 4.78 is 32.9. The van der Waals surface area contributed by atoms with Crippen LogP contribution < -0.4 is 10.0 Å². The molecular weight excluding hydrogens is 360 g/mol. The van der Waals surface area contributed by atoms with E-state index in [9.17, 15) is 13.2 Å². The lowest BCUT2D eigenvalue weighted by Crippen LogP contribution is -2.37. The highest BCUT2D eigenvalue weighted by Gasteiger charge is 2.25. The molecule has 2 aromatic rings. The molecular formula is C17H22N2O4S2. The molecule has 1 unspecified atom stereocenters. The van der Waals surface area contributed by atoms with Crippen molar-refractivity contribution in [2.24, 2.45) is 0 Å². The number of sulfonamides is 1. The molecule has 136 valence electrons. The standard InChI is InChI=1S/C17H22N2O4S2/c1-4-13(11-23-3)18-17(20)16-15(9-10-24-16)25(21,22)19-14-7-5-12(2)6-8-14/h5-10,13,19H,4,11H2,1-3H3,(H,18,20). The van der Waals surface area contributed by atoms with Gasteiger partial charge in [-0.1, -0.05) is 24.6 Å². The smallest absolute Gasteiger partial charge is 0.263 e. The molecule has 2 N–H and O–H groups in total. The second kappa shape index (κ2) is 8.46. The lowest BCUT2D eigenvalue weighted by atomic mass is 10.2. The van der Waals surface area contributed by atoms with Crippen molar-refractivity contribution in [1.82, 2.24) is 5.32 Å². The van der Waals surface area contributed by atoms with E-state index in [1.807, 2.05) is 26.0 Å². The Morgan fingerprint density at radius 1 is 1.24 bits per heavy atom. The molecule has 0 aliphatic rings. The van der Waals surface area contributed by atoms with Gasteiger partial charge in [0.25, 0.3) is 15.9 Å². The molecule has 6 nitrogen and oxygen atoms in total. The van der Waals surface area contributed by atoms with Crippen LogP contribution in [0.15, 0.2) is 40.6 Å². The van der Waals surface area contributed by atoms with Gasteiger partial charge in [-0.25, -0.2) is 8.42 Å². The van der Waals surface area contributed by atoms with Gasteiger partial charge in [0.2, 0.25) is 0 Å². The summed E-state index contributed by atoms with van der Waals surface area (Å²) >= 11 is 1.10. The summed E-state index contributed by atoms with van der Waals surface area (Å²) in [6.07, 6.45) is 0.689. The molecule has 0 radical (unpaired) electrons. The average molecular weight is 383 g/mol. The van der Waals surface area contributed by atoms with E-state index in [2.05, 4.69) is 10.0 Å². The van der Waals surface area contributed by atoms with Crippen LogP contribution in [0.5, 0.6) is 0 Å². The van der Waals surface area contributed by atoms with E-state index >= 15 is 0 Å². The number of methoxy groups -OCH3 is 1. The Morgan fingerprint density at radius 3 is 2.52 bits per heavy atom. The number of aryl methyl sites for hydroxylation is 1. The van der Waals surface area contributed by atoms with Crippen molar-refractivity contribution in [1.29, 1.82) is 0 Å². The molecule has 0 aliphatic carbocycles. The Morgan fingerprint density at radius 2 is 1.92 bits per heavy atom. The number of amides is 1. The van der Waals surface area contributed by atoms with Crippen LogP contribution in [0.1, 0.15) is 28.6 Å². The first-order valence-corrected chi connectivity index (χ1v) is 10.2. The normalized spacial score (nSPS) is 12.6. The Labute approximate surface area is 152 Å². The zero-order chi connectivity index (χ0) is 18.4. The van der Waals surface area contributed by atoms with Crippen LogP contribution >= 0.6 is 11.3 Å². The highest BCUT2D eigenvalue weighted by Crippen LogP contribution is 2.24. The summed E-state index contributed by atoms with van der Waals surface area (Å²) in [7, 11) is -2.29. The van der Waals surface area contributed by atoms with Crippen molar-refractivity contribution in [3.05, 3.63) is 46.2 Å². The number of carbonyl (C=O) groups excluding carboxylic acids is 1. The highest BCUT2D eigenvalue weighted by molar-refractivity contribution is 7.93. The van der Waals surface area contributed by atoms with Gasteiger partial charge in [-0.3, -0.25) is 9.52 Å². The predicted molar refractivity (Wildman–Crippen MR) is 99.7 cm³/mol. The van der Waals surface area contributed by atoms with Gasteiger partial charge in [0.15, 0.2) is 0 Å². The fourth-order valence-electron chi connectivity index (χ4n) is 2.22. The topological polar surface area (TPSA) is 84.5 Å². The van der Waals surface area contributed by atoms with Crippen LogP contribution in [-0.2, 0) is 14.8 Å². The summed E-state index contributed by atoms with van der Waals surface area (Å²) in [5, 5.41) is 4.40. The van der Waals surface area contributed by atoms with Crippen molar-refractivity contribution >= 4 is 33.0 Å². The van der Waals surface area contributed by atoms with Gasteiger partial charge >= 0.3 is 0 Å². The Balaban J connectivity index is 2.21. The van der Waals surface area contributed by atoms with Crippen LogP contribution in [0.3, 0.4) is 0 Å². The monoisotopic (exact) mass is 382 g/mol. The van der Waals surface area contributed by atoms with Gasteiger partial charge in [-0.15, -0.1) is 11.3 Å². The quantitative estimate of drug-likeness (QED) is 0.735. The molecule has 1 aromatic carbocycles. The molecule has 8 heteroatoms. The van der Waals surface area contributed by atoms with Crippen molar-refractivity contribution in [3.8, 4) is 0 Å². The van der Waals surface area contributed by atoms with E-state index in [0.29, 0.717) is 18.7 Å². The van der Waals surface area contributed by atoms with Gasteiger partial charge in [0.05, 0.1) is 12.6 Å². The third-order valence-corrected chi connectivity index (χ3v) is 6.09. The number of anilines is 1. The Hall–Kier alpha value is -1.90. The minimum atomic E-state index is -3.84. The third kappa shape index (κ3) is 5.04. The van der Waals surface area contributed by atoms with Crippen molar-refractivity contribution in [2.45, 2.75) is 31.2 Å². The minimum Gasteiger partial charge on any atom is -0.383 e. The zero-order valence-electron chi connectivity index (χ0n) is 14.4. The number of hydrogen-bond donors (Lipinski definition) is 2. The predicted octanol–water partition coefficient (Wildman–Crippen LogP) is 3.01. The van der Waals surface area contributed by atoms with Crippen LogP contribution in [-0.4, -0.2) is 34.1 Å². The molecule has 0 aliphatic heterocycles. The first-order chi connectivity index (χ1) is 11.9. The highest BCUT2D eigenvalue weighted by atomic mass is 32.2. The second-order valence-electron chi connectivity index (χ2n) is 5.62. The lowest BCUT2D eigenvalue weighted by Gasteiger charge is -2.16. The molecule has 1 heterocycles. The summed E-state index contributed by atoms with van der Waals surface area (Å²) in [4.78, 5) is 12.6. The number of benzene rings is 1. The van der Waals surface area contributed by atoms with Crippen molar-refractivity contribution in [2.75, 3.05) is 18.4 Å². The Kier molecular flexibility index (Phi) is 6.57. The first kappa shape index (κ1) is 19.4. The number of hydrogen-bond acceptors (Lipinski definition) is 5. The van der Waals surface area contributed by atoms with E-state index in [1.165, 1.54) is 6.07 Å². The summed E-state index contributed by atoms with van der Waals surface area (Å²) in [5.74, 6) is -0.414. The minimum absolute atomic E-state index is 0.0251. The maximum Gasteiger partial charge on any atom is 0.263 e. The molecule has 1 amide bonds. The maximum absolute atomic E-state index is 12.6. The largest absolute Gasteiger partial charge is 0.383 e. The van der Waals surface area contributed by atoms with E-state index in [-0.39, 0.29) is 15.8 Å². The third-order valence-electron chi connectivity index (χ3n) is 3.62. The summed E-state index contributed by atoms with van der Waals surface area (Å²) in [6.45, 7) is 4.22. The summed E-state index contributed by atoms with van der Waals surface area (Å²) in [5.41, 5.74) is 1.48. The SMILES string of the molecule is CCC(COC)NC(=O)c1sccc1S(=O)(=O)Nc1ccc(C)cc1. The van der Waals surface area contributed by atoms with Crippen LogP contribution in [0.4, 0.5) is 5.69 Å². The fourth-order valence-corrected chi connectivity index (χ4v) is 4.61. The second-order valence-corrected chi connectivity index (χ2v) is 8.19. The lowest BCUT2D eigenvalue weighted by molar-refractivity contribution is 0.0896. The Bertz CT molecular complexity index is 813. The zero-order valence-corrected chi connectivity index (χ0v) is 16.0. The van der Waals surface area contributed by atoms with Crippen molar-refractivity contribution in [3.63, 3.8) is 0 Å². The molecule has 0 fully saturated rings. The fraction of sp³-hybridized carbons (Fsp3) is 0.353. The van der Waals surface area contributed by atoms with Gasteiger partial charge in [0.1, 0.15) is 9.77 Å². The van der Waals surface area contributed by atoms with Crippen LogP contribution in [0.25, 0.3) is 0 Å². The van der Waals surface area contributed by atoms with E-state index < -0.39 is 15.9 Å². The molecule has 0 saturated heterocycles. The molecule has 0 bridgehead atoms. The average Bonchev–Trinajstić information content (AvgIpc) is 3.07. The van der Waals surface area contributed by atoms with Crippen molar-refractivity contribution < 1.29 is 17.9 Å². The molecule has 0 spiro atoms. The number of carbonyl (C=O) groups is 1. The number of nitrogens with one attached hydrogen (secondary N) is 2. The van der Waals surface area contributed by atoms with Gasteiger partial charge in [-0.05, 0) is 36.9 Å². The summed E-state index contributed by atoms with van der Waals surface area (Å²) in [6, 6.07) is 8.27. The maximum atomic E-state index is 12.6. The van der Waals surface area contributed by atoms with E-state index in [1.54, 1.807) is 24.6 Å². The number of rotatable bonds is 8. The van der Waals surface area contributed by atoms with E-state index in [4.69, 9.17) is 4.74 Å². The van der Waals surface area contributed by atoms with Gasteiger partial charge in [-0.2, -0.15) is 0 Å². The first-order valence-electron chi connectivity index (χ1n) is 7.84. The molecule has 2 rings (SSSR count). The van der Waals surface area contributed by atoms with Gasteiger partial charge < -0.3 is 10.1 Å². The number of ether oxygens (including phenoxy) is 1. The number of thiophene rings is 1. The molecule has 25 heavy (non-hydrogen) atoms. The van der Waals surface area contributed by atoms with E-state index in [0.717, 1.165) is 16.9 Å². The molecule has 1 atom stereocenters. The van der Waals surface area contributed by atoms with Crippen LogP contribution in [0.2, 0.25) is 0 Å².